The van der Waals surface area contributed by atoms with Crippen molar-refractivity contribution in [1.82, 2.24) is 4.98 Å². The lowest BCUT2D eigenvalue weighted by molar-refractivity contribution is 0.597. The second-order valence-electron chi connectivity index (χ2n) is 4.15. The standard InChI is InChI=1S/C14H15ClN2/c1-10(11-5-7-17-8-6-11)14(16)12-3-2-4-13(15)9-12/h2-10,14H,16H2,1H3. The summed E-state index contributed by atoms with van der Waals surface area (Å²) in [5, 5.41) is 0.722. The number of rotatable bonds is 3. The summed E-state index contributed by atoms with van der Waals surface area (Å²) in [5.41, 5.74) is 8.51. The van der Waals surface area contributed by atoms with E-state index in [0.29, 0.717) is 0 Å². The molecule has 88 valence electrons. The van der Waals surface area contributed by atoms with Crippen molar-refractivity contribution in [2.75, 3.05) is 0 Å². The van der Waals surface area contributed by atoms with Gasteiger partial charge in [-0.15, -0.1) is 0 Å². The van der Waals surface area contributed by atoms with Crippen LogP contribution in [-0.4, -0.2) is 4.98 Å². The molecule has 0 amide bonds. The van der Waals surface area contributed by atoms with Crippen molar-refractivity contribution in [3.05, 3.63) is 64.9 Å². The van der Waals surface area contributed by atoms with Gasteiger partial charge in [-0.05, 0) is 35.4 Å². The molecule has 0 aliphatic heterocycles. The predicted molar refractivity (Wildman–Crippen MR) is 71.0 cm³/mol. The Balaban J connectivity index is 2.23. The smallest absolute Gasteiger partial charge is 0.0409 e. The summed E-state index contributed by atoms with van der Waals surface area (Å²) in [6.45, 7) is 2.11. The number of halogens is 1. The molecular weight excluding hydrogens is 232 g/mol. The largest absolute Gasteiger partial charge is 0.323 e. The van der Waals surface area contributed by atoms with Gasteiger partial charge in [-0.3, -0.25) is 4.98 Å². The number of pyridine rings is 1. The quantitative estimate of drug-likeness (QED) is 0.900. The summed E-state index contributed by atoms with van der Waals surface area (Å²) >= 11 is 5.97. The summed E-state index contributed by atoms with van der Waals surface area (Å²) in [6.07, 6.45) is 3.58. The van der Waals surface area contributed by atoms with Gasteiger partial charge in [0.25, 0.3) is 0 Å². The maximum absolute atomic E-state index is 6.26. The van der Waals surface area contributed by atoms with Crippen LogP contribution in [0.4, 0.5) is 0 Å². The predicted octanol–water partition coefficient (Wildman–Crippen LogP) is 3.54. The van der Waals surface area contributed by atoms with Gasteiger partial charge in [0.05, 0.1) is 0 Å². The van der Waals surface area contributed by atoms with Crippen LogP contribution >= 0.6 is 11.6 Å². The number of hydrogen-bond donors (Lipinski definition) is 1. The van der Waals surface area contributed by atoms with Gasteiger partial charge in [0.15, 0.2) is 0 Å². The first-order valence-corrected chi connectivity index (χ1v) is 5.97. The Morgan fingerprint density at radius 3 is 2.47 bits per heavy atom. The lowest BCUT2D eigenvalue weighted by Gasteiger charge is -2.20. The van der Waals surface area contributed by atoms with Crippen LogP contribution in [0.15, 0.2) is 48.8 Å². The van der Waals surface area contributed by atoms with E-state index in [4.69, 9.17) is 17.3 Å². The van der Waals surface area contributed by atoms with Crippen LogP contribution in [0.25, 0.3) is 0 Å². The number of benzene rings is 1. The van der Waals surface area contributed by atoms with Crippen molar-refractivity contribution in [2.24, 2.45) is 5.73 Å². The molecule has 17 heavy (non-hydrogen) atoms. The summed E-state index contributed by atoms with van der Waals surface area (Å²) in [4.78, 5) is 4.01. The minimum absolute atomic E-state index is 0.0592. The first-order valence-electron chi connectivity index (χ1n) is 5.59. The highest BCUT2D eigenvalue weighted by Gasteiger charge is 2.16. The Kier molecular flexibility index (Phi) is 3.77. The van der Waals surface area contributed by atoms with E-state index in [1.807, 2.05) is 36.4 Å². The van der Waals surface area contributed by atoms with Crippen molar-refractivity contribution in [2.45, 2.75) is 18.9 Å². The van der Waals surface area contributed by atoms with E-state index >= 15 is 0 Å². The zero-order valence-electron chi connectivity index (χ0n) is 9.68. The van der Waals surface area contributed by atoms with E-state index in [0.717, 1.165) is 10.6 Å². The van der Waals surface area contributed by atoms with E-state index in [2.05, 4.69) is 11.9 Å². The van der Waals surface area contributed by atoms with Gasteiger partial charge in [0.2, 0.25) is 0 Å². The van der Waals surface area contributed by atoms with Gasteiger partial charge in [0, 0.05) is 29.4 Å². The van der Waals surface area contributed by atoms with Crippen LogP contribution in [0.1, 0.15) is 30.0 Å². The molecule has 0 fully saturated rings. The topological polar surface area (TPSA) is 38.9 Å². The highest BCUT2D eigenvalue weighted by atomic mass is 35.5. The van der Waals surface area contributed by atoms with Crippen LogP contribution in [0, 0.1) is 0 Å². The fourth-order valence-corrected chi connectivity index (χ4v) is 2.08. The van der Waals surface area contributed by atoms with Crippen LogP contribution < -0.4 is 5.73 Å². The molecule has 2 aromatic rings. The molecule has 2 nitrogen and oxygen atoms in total. The lowest BCUT2D eigenvalue weighted by Crippen LogP contribution is -2.17. The highest BCUT2D eigenvalue weighted by Crippen LogP contribution is 2.29. The van der Waals surface area contributed by atoms with Gasteiger partial charge in [0.1, 0.15) is 0 Å². The van der Waals surface area contributed by atoms with Crippen LogP contribution in [0.5, 0.6) is 0 Å². The summed E-state index contributed by atoms with van der Waals surface area (Å²) in [6, 6.07) is 11.6. The molecule has 2 rings (SSSR count). The number of nitrogens with zero attached hydrogens (tertiary/aromatic N) is 1. The Labute approximate surface area is 106 Å². The molecule has 0 saturated heterocycles. The second kappa shape index (κ2) is 5.30. The highest BCUT2D eigenvalue weighted by molar-refractivity contribution is 6.30. The third-order valence-electron chi connectivity index (χ3n) is 3.00. The third kappa shape index (κ3) is 2.84. The van der Waals surface area contributed by atoms with Crippen molar-refractivity contribution in [1.29, 1.82) is 0 Å². The molecule has 1 heterocycles. The zero-order chi connectivity index (χ0) is 12.3. The first kappa shape index (κ1) is 12.1. The van der Waals surface area contributed by atoms with Gasteiger partial charge in [-0.1, -0.05) is 30.7 Å². The van der Waals surface area contributed by atoms with Crippen LogP contribution in [0.3, 0.4) is 0 Å². The lowest BCUT2D eigenvalue weighted by atomic mass is 9.90. The maximum Gasteiger partial charge on any atom is 0.0409 e. The van der Waals surface area contributed by atoms with E-state index in [-0.39, 0.29) is 12.0 Å². The van der Waals surface area contributed by atoms with E-state index in [1.54, 1.807) is 12.4 Å². The van der Waals surface area contributed by atoms with E-state index in [1.165, 1.54) is 5.56 Å². The summed E-state index contributed by atoms with van der Waals surface area (Å²) < 4.78 is 0. The average molecular weight is 247 g/mol. The fraction of sp³-hybridized carbons (Fsp3) is 0.214. The van der Waals surface area contributed by atoms with Crippen LogP contribution in [-0.2, 0) is 0 Å². The maximum atomic E-state index is 6.26. The zero-order valence-corrected chi connectivity index (χ0v) is 10.4. The van der Waals surface area contributed by atoms with Crippen molar-refractivity contribution < 1.29 is 0 Å². The molecule has 1 aromatic carbocycles. The molecule has 0 aliphatic carbocycles. The molecule has 0 bridgehead atoms. The molecule has 2 N–H and O–H groups in total. The van der Waals surface area contributed by atoms with Crippen molar-refractivity contribution in [3.8, 4) is 0 Å². The van der Waals surface area contributed by atoms with E-state index < -0.39 is 0 Å². The third-order valence-corrected chi connectivity index (χ3v) is 3.24. The van der Waals surface area contributed by atoms with Gasteiger partial charge < -0.3 is 5.73 Å². The normalized spacial score (nSPS) is 14.3. The average Bonchev–Trinajstić information content (AvgIpc) is 2.38. The number of aromatic nitrogens is 1. The Morgan fingerprint density at radius 2 is 1.82 bits per heavy atom. The minimum atomic E-state index is -0.0592. The van der Waals surface area contributed by atoms with E-state index in [9.17, 15) is 0 Å². The molecule has 2 unspecified atom stereocenters. The monoisotopic (exact) mass is 246 g/mol. The number of hydrogen-bond acceptors (Lipinski definition) is 2. The Bertz CT molecular complexity index is 485. The molecule has 0 spiro atoms. The fourth-order valence-electron chi connectivity index (χ4n) is 1.88. The van der Waals surface area contributed by atoms with Crippen LogP contribution in [0.2, 0.25) is 5.02 Å². The molecule has 1 aromatic heterocycles. The SMILES string of the molecule is CC(c1ccncc1)C(N)c1cccc(Cl)c1. The number of nitrogens with two attached hydrogens (primary N) is 1. The molecule has 3 heteroatoms. The molecule has 0 saturated carbocycles. The first-order chi connectivity index (χ1) is 8.18. The Morgan fingerprint density at radius 1 is 1.12 bits per heavy atom. The molecule has 0 radical (unpaired) electrons. The Hall–Kier alpha value is -1.38. The van der Waals surface area contributed by atoms with Gasteiger partial charge in [-0.25, -0.2) is 0 Å². The van der Waals surface area contributed by atoms with Gasteiger partial charge in [-0.2, -0.15) is 0 Å². The summed E-state index contributed by atoms with van der Waals surface area (Å²) in [5.74, 6) is 0.233. The molecular formula is C14H15ClN2. The summed E-state index contributed by atoms with van der Waals surface area (Å²) in [7, 11) is 0. The van der Waals surface area contributed by atoms with Gasteiger partial charge >= 0.3 is 0 Å². The minimum Gasteiger partial charge on any atom is -0.323 e. The van der Waals surface area contributed by atoms with Crippen molar-refractivity contribution in [3.63, 3.8) is 0 Å². The van der Waals surface area contributed by atoms with Crippen molar-refractivity contribution >= 4 is 11.6 Å². The molecule has 0 aliphatic rings. The second-order valence-corrected chi connectivity index (χ2v) is 4.59. The molecule has 2 atom stereocenters.